The number of hydrogen-bond acceptors (Lipinski definition) is 4. The number of rotatable bonds is 4. The van der Waals surface area contributed by atoms with E-state index in [0.717, 1.165) is 30.2 Å². The van der Waals surface area contributed by atoms with E-state index in [4.69, 9.17) is 4.74 Å². The zero-order valence-corrected chi connectivity index (χ0v) is 10.1. The molecule has 1 aliphatic heterocycles. The van der Waals surface area contributed by atoms with Gasteiger partial charge >= 0.3 is 0 Å². The van der Waals surface area contributed by atoms with E-state index in [9.17, 15) is 4.79 Å². The fourth-order valence-electron chi connectivity index (χ4n) is 1.71. The highest BCUT2D eigenvalue weighted by molar-refractivity contribution is 5.97. The quantitative estimate of drug-likeness (QED) is 0.753. The predicted molar refractivity (Wildman–Crippen MR) is 67.8 cm³/mol. The average Bonchev–Trinajstić information content (AvgIpc) is 2.35. The molecule has 0 radical (unpaired) electrons. The molecule has 1 aliphatic rings. The fraction of sp³-hybridized carbons (Fsp3) is 0.417. The molecule has 0 spiro atoms. The number of amides is 1. The summed E-state index contributed by atoms with van der Waals surface area (Å²) in [7, 11) is 3.68. The maximum absolute atomic E-state index is 11.5. The van der Waals surface area contributed by atoms with Crippen molar-refractivity contribution < 1.29 is 9.53 Å². The van der Waals surface area contributed by atoms with Crippen LogP contribution in [0, 0.1) is 0 Å². The lowest BCUT2D eigenvalue weighted by Crippen LogP contribution is -2.35. The van der Waals surface area contributed by atoms with Gasteiger partial charge in [0.1, 0.15) is 5.75 Å². The Balaban J connectivity index is 2.14. The molecule has 0 aliphatic carbocycles. The Morgan fingerprint density at radius 2 is 2.24 bits per heavy atom. The standard InChI is InChI=1S/C12H17N3O2/c1-13-5-6-14-9-3-4-11-10(7-9)15(2)12(16)8-17-11/h3-4,7,13-14H,5-6,8H2,1-2H3. The minimum Gasteiger partial charge on any atom is -0.482 e. The molecule has 1 aromatic rings. The van der Waals surface area contributed by atoms with Crippen molar-refractivity contribution in [3.05, 3.63) is 18.2 Å². The summed E-state index contributed by atoms with van der Waals surface area (Å²) in [5.74, 6) is 0.733. The number of anilines is 2. The van der Waals surface area contributed by atoms with E-state index in [1.807, 2.05) is 25.2 Å². The Morgan fingerprint density at radius 1 is 1.41 bits per heavy atom. The number of carbonyl (C=O) groups is 1. The van der Waals surface area contributed by atoms with Gasteiger partial charge in [0.25, 0.3) is 5.91 Å². The van der Waals surface area contributed by atoms with E-state index in [0.29, 0.717) is 0 Å². The Bertz CT molecular complexity index is 420. The number of nitrogens with one attached hydrogen (secondary N) is 2. The Kier molecular flexibility index (Phi) is 3.49. The van der Waals surface area contributed by atoms with Crippen molar-refractivity contribution in [2.75, 3.05) is 44.0 Å². The third-order valence-electron chi connectivity index (χ3n) is 2.75. The fourth-order valence-corrected chi connectivity index (χ4v) is 1.71. The van der Waals surface area contributed by atoms with Gasteiger partial charge in [-0.05, 0) is 25.2 Å². The highest BCUT2D eigenvalue weighted by Gasteiger charge is 2.22. The van der Waals surface area contributed by atoms with Crippen LogP contribution in [-0.4, -0.2) is 39.7 Å². The van der Waals surface area contributed by atoms with Crippen molar-refractivity contribution >= 4 is 17.3 Å². The smallest absolute Gasteiger partial charge is 0.264 e. The van der Waals surface area contributed by atoms with Gasteiger partial charge in [-0.2, -0.15) is 0 Å². The molecule has 0 fully saturated rings. The largest absolute Gasteiger partial charge is 0.482 e. The summed E-state index contributed by atoms with van der Waals surface area (Å²) >= 11 is 0. The van der Waals surface area contributed by atoms with Gasteiger partial charge in [-0.1, -0.05) is 0 Å². The van der Waals surface area contributed by atoms with Crippen LogP contribution in [0.25, 0.3) is 0 Å². The number of ether oxygens (including phenoxy) is 1. The Labute approximate surface area is 101 Å². The minimum absolute atomic E-state index is 0.0233. The second kappa shape index (κ2) is 5.05. The molecule has 1 amide bonds. The van der Waals surface area contributed by atoms with Crippen LogP contribution in [0.3, 0.4) is 0 Å². The van der Waals surface area contributed by atoms with Gasteiger partial charge in [0.2, 0.25) is 0 Å². The highest BCUT2D eigenvalue weighted by Crippen LogP contribution is 2.33. The second-order valence-corrected chi connectivity index (χ2v) is 3.95. The monoisotopic (exact) mass is 235 g/mol. The second-order valence-electron chi connectivity index (χ2n) is 3.95. The lowest BCUT2D eigenvalue weighted by Gasteiger charge is -2.26. The number of carbonyl (C=O) groups excluding carboxylic acids is 1. The maximum atomic E-state index is 11.5. The van der Waals surface area contributed by atoms with E-state index in [2.05, 4.69) is 10.6 Å². The first-order valence-corrected chi connectivity index (χ1v) is 5.64. The molecular formula is C12H17N3O2. The third-order valence-corrected chi connectivity index (χ3v) is 2.75. The van der Waals surface area contributed by atoms with Crippen molar-refractivity contribution in [2.24, 2.45) is 0 Å². The molecule has 0 aromatic heterocycles. The molecule has 0 saturated carbocycles. The van der Waals surface area contributed by atoms with E-state index in [1.165, 1.54) is 0 Å². The van der Waals surface area contributed by atoms with E-state index in [1.54, 1.807) is 11.9 Å². The first kappa shape index (κ1) is 11.7. The molecule has 1 heterocycles. The van der Waals surface area contributed by atoms with Gasteiger partial charge in [-0.25, -0.2) is 0 Å². The van der Waals surface area contributed by atoms with Crippen LogP contribution in [0.4, 0.5) is 11.4 Å². The van der Waals surface area contributed by atoms with Crippen LogP contribution in [0.2, 0.25) is 0 Å². The van der Waals surface area contributed by atoms with Crippen LogP contribution in [0.1, 0.15) is 0 Å². The molecule has 17 heavy (non-hydrogen) atoms. The van der Waals surface area contributed by atoms with E-state index < -0.39 is 0 Å². The van der Waals surface area contributed by atoms with Gasteiger partial charge in [0.05, 0.1) is 5.69 Å². The van der Waals surface area contributed by atoms with Gasteiger partial charge in [-0.15, -0.1) is 0 Å². The van der Waals surface area contributed by atoms with Crippen LogP contribution in [-0.2, 0) is 4.79 Å². The Hall–Kier alpha value is -1.75. The van der Waals surface area contributed by atoms with Gasteiger partial charge in [0, 0.05) is 25.8 Å². The van der Waals surface area contributed by atoms with E-state index in [-0.39, 0.29) is 12.5 Å². The number of fused-ring (bicyclic) bond motifs is 1. The minimum atomic E-state index is -0.0233. The summed E-state index contributed by atoms with van der Waals surface area (Å²) in [5.41, 5.74) is 1.81. The van der Waals surface area contributed by atoms with Crippen LogP contribution >= 0.6 is 0 Å². The summed E-state index contributed by atoms with van der Waals surface area (Å²) in [6.07, 6.45) is 0. The van der Waals surface area contributed by atoms with Crippen molar-refractivity contribution in [3.63, 3.8) is 0 Å². The number of benzene rings is 1. The molecule has 92 valence electrons. The van der Waals surface area contributed by atoms with Gasteiger partial charge in [-0.3, -0.25) is 4.79 Å². The first-order chi connectivity index (χ1) is 8.22. The summed E-state index contributed by atoms with van der Waals surface area (Å²) in [6.45, 7) is 1.85. The van der Waals surface area contributed by atoms with Crippen LogP contribution in [0.15, 0.2) is 18.2 Å². The summed E-state index contributed by atoms with van der Waals surface area (Å²) in [6, 6.07) is 5.78. The van der Waals surface area contributed by atoms with Crippen LogP contribution in [0.5, 0.6) is 5.75 Å². The maximum Gasteiger partial charge on any atom is 0.264 e. The molecule has 0 bridgehead atoms. The van der Waals surface area contributed by atoms with Gasteiger partial charge in [0.15, 0.2) is 6.61 Å². The van der Waals surface area contributed by atoms with Crippen LogP contribution < -0.4 is 20.3 Å². The molecule has 0 unspecified atom stereocenters. The predicted octanol–water partition coefficient (Wildman–Crippen LogP) is 0.673. The summed E-state index contributed by atoms with van der Waals surface area (Å²) in [4.78, 5) is 13.1. The number of nitrogens with zero attached hydrogens (tertiary/aromatic N) is 1. The topological polar surface area (TPSA) is 53.6 Å². The van der Waals surface area contributed by atoms with Crippen molar-refractivity contribution in [3.8, 4) is 5.75 Å². The number of hydrogen-bond donors (Lipinski definition) is 2. The number of likely N-dealkylation sites (N-methyl/N-ethyl adjacent to an activating group) is 2. The molecule has 0 atom stereocenters. The average molecular weight is 235 g/mol. The zero-order valence-electron chi connectivity index (χ0n) is 10.1. The summed E-state index contributed by atoms with van der Waals surface area (Å²) < 4.78 is 5.36. The molecule has 0 saturated heterocycles. The SMILES string of the molecule is CNCCNc1ccc2c(c1)N(C)C(=O)CO2. The normalized spacial score (nSPS) is 14.2. The lowest BCUT2D eigenvalue weighted by atomic mass is 10.2. The molecule has 2 N–H and O–H groups in total. The third kappa shape index (κ3) is 2.50. The van der Waals surface area contributed by atoms with Crippen molar-refractivity contribution in [1.82, 2.24) is 5.32 Å². The van der Waals surface area contributed by atoms with Gasteiger partial charge < -0.3 is 20.3 Å². The highest BCUT2D eigenvalue weighted by atomic mass is 16.5. The molecular weight excluding hydrogens is 218 g/mol. The zero-order chi connectivity index (χ0) is 12.3. The van der Waals surface area contributed by atoms with E-state index >= 15 is 0 Å². The molecule has 2 rings (SSSR count). The Morgan fingerprint density at radius 3 is 3.00 bits per heavy atom. The summed E-state index contributed by atoms with van der Waals surface area (Å²) in [5, 5.41) is 6.34. The molecule has 1 aromatic carbocycles. The first-order valence-electron chi connectivity index (χ1n) is 5.64. The lowest BCUT2D eigenvalue weighted by molar-refractivity contribution is -0.120. The molecule has 5 heteroatoms. The van der Waals surface area contributed by atoms with Crippen molar-refractivity contribution in [2.45, 2.75) is 0 Å². The molecule has 5 nitrogen and oxygen atoms in total. The van der Waals surface area contributed by atoms with Crippen molar-refractivity contribution in [1.29, 1.82) is 0 Å².